The van der Waals surface area contributed by atoms with Crippen LogP contribution in [0.2, 0.25) is 0 Å². The summed E-state index contributed by atoms with van der Waals surface area (Å²) in [6.07, 6.45) is 3.63. The minimum absolute atomic E-state index is 0.176. The van der Waals surface area contributed by atoms with Crippen molar-refractivity contribution >= 4 is 28.0 Å². The Hall–Kier alpha value is -2.48. The number of hydrogen-bond donors (Lipinski definition) is 2. The first-order chi connectivity index (χ1) is 10.0. The summed E-state index contributed by atoms with van der Waals surface area (Å²) >= 11 is 1.26. The van der Waals surface area contributed by atoms with Crippen LogP contribution in [0.4, 0.5) is 5.13 Å². The molecular weight excluding hydrogens is 288 g/mol. The largest absolute Gasteiger partial charge is 0.374 e. The Kier molecular flexibility index (Phi) is 3.30. The van der Waals surface area contributed by atoms with Gasteiger partial charge < -0.3 is 15.5 Å². The van der Waals surface area contributed by atoms with E-state index in [1.807, 2.05) is 30.5 Å². The number of carbonyl (C=O) groups is 1. The van der Waals surface area contributed by atoms with E-state index in [2.05, 4.69) is 20.5 Å². The lowest BCUT2D eigenvalue weighted by molar-refractivity contribution is 0.0939. The van der Waals surface area contributed by atoms with E-state index in [4.69, 9.17) is 5.73 Å². The van der Waals surface area contributed by atoms with Crippen molar-refractivity contribution in [1.82, 2.24) is 24.9 Å². The molecule has 0 aliphatic rings. The zero-order valence-corrected chi connectivity index (χ0v) is 12.4. The molecule has 8 heteroatoms. The first kappa shape index (κ1) is 13.5. The van der Waals surface area contributed by atoms with Gasteiger partial charge >= 0.3 is 0 Å². The molecule has 3 aromatic heterocycles. The van der Waals surface area contributed by atoms with Crippen LogP contribution in [-0.4, -0.2) is 25.5 Å². The van der Waals surface area contributed by atoms with Gasteiger partial charge in [0.05, 0.1) is 17.3 Å². The van der Waals surface area contributed by atoms with Crippen molar-refractivity contribution in [2.75, 3.05) is 5.73 Å². The summed E-state index contributed by atoms with van der Waals surface area (Å²) in [6.45, 7) is 3.76. The number of nitrogens with zero attached hydrogens (tertiary/aromatic N) is 4. The van der Waals surface area contributed by atoms with Gasteiger partial charge in [0.2, 0.25) is 5.13 Å². The van der Waals surface area contributed by atoms with Crippen molar-refractivity contribution in [3.63, 3.8) is 0 Å². The molecule has 3 N–H and O–H groups in total. The Morgan fingerprint density at radius 3 is 2.90 bits per heavy atom. The molecule has 0 spiro atoms. The highest BCUT2D eigenvalue weighted by molar-refractivity contribution is 7.15. The zero-order chi connectivity index (χ0) is 15.0. The predicted molar refractivity (Wildman–Crippen MR) is 80.1 cm³/mol. The van der Waals surface area contributed by atoms with E-state index < -0.39 is 0 Å². The standard InChI is InChI=1S/C13H14N6OS/c1-7-5-19-6-9(3-4-10(19)15-7)11(20)16-8(2)12-17-18-13(14)21-12/h3-6,8H,1-2H3,(H2,14,18)(H,16,20)/t8-/m1/s1. The second-order valence-corrected chi connectivity index (χ2v) is 5.78. The van der Waals surface area contributed by atoms with Gasteiger partial charge in [-0.05, 0) is 26.0 Å². The Morgan fingerprint density at radius 2 is 2.19 bits per heavy atom. The number of rotatable bonds is 3. The van der Waals surface area contributed by atoms with Crippen molar-refractivity contribution in [3.05, 3.63) is 40.8 Å². The molecule has 21 heavy (non-hydrogen) atoms. The van der Waals surface area contributed by atoms with E-state index in [1.54, 1.807) is 12.3 Å². The molecule has 0 aliphatic heterocycles. The van der Waals surface area contributed by atoms with Gasteiger partial charge in [-0.2, -0.15) is 0 Å². The topological polar surface area (TPSA) is 98.2 Å². The van der Waals surface area contributed by atoms with E-state index >= 15 is 0 Å². The number of nitrogens with two attached hydrogens (primary N) is 1. The summed E-state index contributed by atoms with van der Waals surface area (Å²) in [5, 5.41) is 11.6. The van der Waals surface area contributed by atoms with Crippen molar-refractivity contribution < 1.29 is 4.79 Å². The molecular formula is C13H14N6OS. The Bertz CT molecular complexity index is 808. The van der Waals surface area contributed by atoms with E-state index in [9.17, 15) is 4.79 Å². The fourth-order valence-electron chi connectivity index (χ4n) is 2.02. The van der Waals surface area contributed by atoms with Crippen molar-refractivity contribution in [3.8, 4) is 0 Å². The second-order valence-electron chi connectivity index (χ2n) is 4.74. The monoisotopic (exact) mass is 302 g/mol. The molecule has 0 unspecified atom stereocenters. The molecule has 0 aliphatic carbocycles. The lowest BCUT2D eigenvalue weighted by atomic mass is 10.2. The minimum Gasteiger partial charge on any atom is -0.374 e. The highest BCUT2D eigenvalue weighted by Crippen LogP contribution is 2.19. The number of aromatic nitrogens is 4. The van der Waals surface area contributed by atoms with Gasteiger partial charge in [0.25, 0.3) is 5.91 Å². The molecule has 0 aromatic carbocycles. The molecule has 108 valence electrons. The van der Waals surface area contributed by atoms with Gasteiger partial charge in [-0.25, -0.2) is 4.98 Å². The summed E-state index contributed by atoms with van der Waals surface area (Å²) in [5.74, 6) is -0.176. The summed E-state index contributed by atoms with van der Waals surface area (Å²) in [7, 11) is 0. The highest BCUT2D eigenvalue weighted by Gasteiger charge is 2.15. The van der Waals surface area contributed by atoms with Gasteiger partial charge in [-0.3, -0.25) is 4.79 Å². The van der Waals surface area contributed by atoms with Crippen LogP contribution in [0.3, 0.4) is 0 Å². The number of fused-ring (bicyclic) bond motifs is 1. The Balaban J connectivity index is 1.79. The van der Waals surface area contributed by atoms with E-state index in [0.717, 1.165) is 11.3 Å². The van der Waals surface area contributed by atoms with Gasteiger partial charge in [-0.15, -0.1) is 10.2 Å². The van der Waals surface area contributed by atoms with Crippen LogP contribution >= 0.6 is 11.3 Å². The van der Waals surface area contributed by atoms with Crippen LogP contribution in [-0.2, 0) is 0 Å². The smallest absolute Gasteiger partial charge is 0.253 e. The van der Waals surface area contributed by atoms with Crippen LogP contribution in [0.15, 0.2) is 24.5 Å². The van der Waals surface area contributed by atoms with Gasteiger partial charge in [0, 0.05) is 12.4 Å². The summed E-state index contributed by atoms with van der Waals surface area (Å²) in [4.78, 5) is 16.6. The number of nitrogens with one attached hydrogen (secondary N) is 1. The van der Waals surface area contributed by atoms with Crippen molar-refractivity contribution in [2.24, 2.45) is 0 Å². The first-order valence-corrected chi connectivity index (χ1v) is 7.19. The third-order valence-electron chi connectivity index (χ3n) is 3.01. The highest BCUT2D eigenvalue weighted by atomic mass is 32.1. The molecule has 0 saturated heterocycles. The fraction of sp³-hybridized carbons (Fsp3) is 0.231. The third-order valence-corrected chi connectivity index (χ3v) is 3.94. The molecule has 7 nitrogen and oxygen atoms in total. The molecule has 0 saturated carbocycles. The third kappa shape index (κ3) is 2.70. The van der Waals surface area contributed by atoms with Gasteiger partial charge in [0.1, 0.15) is 10.7 Å². The lowest BCUT2D eigenvalue weighted by Crippen LogP contribution is -2.26. The van der Waals surface area contributed by atoms with E-state index in [1.165, 1.54) is 11.3 Å². The molecule has 3 heterocycles. The van der Waals surface area contributed by atoms with Crippen LogP contribution in [0.1, 0.15) is 34.0 Å². The van der Waals surface area contributed by atoms with Crippen LogP contribution in [0, 0.1) is 6.92 Å². The average Bonchev–Trinajstić information content (AvgIpc) is 3.02. The summed E-state index contributed by atoms with van der Waals surface area (Å²) < 4.78 is 1.83. The quantitative estimate of drug-likeness (QED) is 0.765. The molecule has 1 atom stereocenters. The SMILES string of the molecule is Cc1cn2cc(C(=O)N[C@H](C)c3nnc(N)s3)ccc2n1. The van der Waals surface area contributed by atoms with Gasteiger partial charge in [-0.1, -0.05) is 11.3 Å². The molecule has 1 amide bonds. The zero-order valence-electron chi connectivity index (χ0n) is 11.6. The predicted octanol–water partition coefficient (Wildman–Crippen LogP) is 1.57. The first-order valence-electron chi connectivity index (χ1n) is 6.38. The van der Waals surface area contributed by atoms with Crippen LogP contribution < -0.4 is 11.1 Å². The van der Waals surface area contributed by atoms with E-state index in [-0.39, 0.29) is 11.9 Å². The molecule has 0 bridgehead atoms. The summed E-state index contributed by atoms with van der Waals surface area (Å²) in [5.41, 5.74) is 7.83. The molecule has 3 rings (SSSR count). The van der Waals surface area contributed by atoms with Crippen molar-refractivity contribution in [2.45, 2.75) is 19.9 Å². The minimum atomic E-state index is -0.243. The number of aryl methyl sites for hydroxylation is 1. The normalized spacial score (nSPS) is 12.5. The Labute approximate surface area is 124 Å². The Morgan fingerprint density at radius 1 is 1.38 bits per heavy atom. The van der Waals surface area contributed by atoms with E-state index in [0.29, 0.717) is 15.7 Å². The fourth-order valence-corrected chi connectivity index (χ4v) is 2.63. The molecule has 3 aromatic rings. The number of carbonyl (C=O) groups excluding carboxylic acids is 1. The van der Waals surface area contributed by atoms with Crippen LogP contribution in [0.5, 0.6) is 0 Å². The number of imidazole rings is 1. The lowest BCUT2D eigenvalue weighted by Gasteiger charge is -2.10. The number of nitrogen functional groups attached to an aromatic ring is 1. The van der Waals surface area contributed by atoms with Crippen LogP contribution in [0.25, 0.3) is 5.65 Å². The maximum atomic E-state index is 12.3. The average molecular weight is 302 g/mol. The maximum absolute atomic E-state index is 12.3. The molecule has 0 fully saturated rings. The number of hydrogen-bond acceptors (Lipinski definition) is 6. The second kappa shape index (κ2) is 5.13. The molecule has 0 radical (unpaired) electrons. The van der Waals surface area contributed by atoms with Gasteiger partial charge in [0.15, 0.2) is 0 Å². The van der Waals surface area contributed by atoms with Crippen molar-refractivity contribution in [1.29, 1.82) is 0 Å². The number of pyridine rings is 1. The number of amides is 1. The number of anilines is 1. The summed E-state index contributed by atoms with van der Waals surface area (Å²) in [6, 6.07) is 3.32. The maximum Gasteiger partial charge on any atom is 0.253 e.